The summed E-state index contributed by atoms with van der Waals surface area (Å²) in [5.74, 6) is 5.85. The Bertz CT molecular complexity index is 971. The van der Waals surface area contributed by atoms with Gasteiger partial charge in [0.2, 0.25) is 0 Å². The number of fused-ring (bicyclic) bond motifs is 1. The second-order valence-corrected chi connectivity index (χ2v) is 7.17. The second-order valence-electron chi connectivity index (χ2n) is 6.74. The van der Waals surface area contributed by atoms with Gasteiger partial charge in [-0.2, -0.15) is 0 Å². The van der Waals surface area contributed by atoms with Gasteiger partial charge in [-0.15, -0.1) is 0 Å². The summed E-state index contributed by atoms with van der Waals surface area (Å²) in [5, 5.41) is 15.1. The molecule has 2 aromatic rings. The van der Waals surface area contributed by atoms with Gasteiger partial charge in [-0.1, -0.05) is 65.0 Å². The zero-order valence-electron chi connectivity index (χ0n) is 15.3. The smallest absolute Gasteiger partial charge is 0.184 e. The predicted molar refractivity (Wildman–Crippen MR) is 106 cm³/mol. The minimum absolute atomic E-state index is 0.226. The van der Waals surface area contributed by atoms with E-state index in [4.69, 9.17) is 31.3 Å². The molecule has 2 heterocycles. The first kappa shape index (κ1) is 19.7. The van der Waals surface area contributed by atoms with Crippen molar-refractivity contribution >= 4 is 11.6 Å². The van der Waals surface area contributed by atoms with Crippen LogP contribution < -0.4 is 0 Å². The molecular formula is C21H18ClN3O4. The van der Waals surface area contributed by atoms with Crippen LogP contribution in [0.25, 0.3) is 10.4 Å². The predicted octanol–water partition coefficient (Wildman–Crippen LogP) is 3.61. The van der Waals surface area contributed by atoms with E-state index in [9.17, 15) is 5.11 Å². The van der Waals surface area contributed by atoms with Crippen molar-refractivity contribution in [1.29, 1.82) is 0 Å². The van der Waals surface area contributed by atoms with Crippen LogP contribution in [0, 0.1) is 11.8 Å². The Morgan fingerprint density at radius 2 is 1.97 bits per heavy atom. The first-order valence-corrected chi connectivity index (χ1v) is 9.50. The molecule has 0 aliphatic carbocycles. The van der Waals surface area contributed by atoms with Crippen molar-refractivity contribution in [2.24, 2.45) is 5.11 Å². The van der Waals surface area contributed by atoms with E-state index in [1.54, 1.807) is 24.3 Å². The number of rotatable bonds is 2. The van der Waals surface area contributed by atoms with Gasteiger partial charge in [-0.25, -0.2) is 0 Å². The molecule has 2 fully saturated rings. The summed E-state index contributed by atoms with van der Waals surface area (Å²) in [7, 11) is 0. The minimum atomic E-state index is -1.15. The Morgan fingerprint density at radius 3 is 2.72 bits per heavy atom. The Balaban J connectivity index is 1.55. The molecule has 0 radical (unpaired) electrons. The van der Waals surface area contributed by atoms with E-state index in [2.05, 4.69) is 21.9 Å². The number of aliphatic hydroxyl groups excluding tert-OH is 1. The van der Waals surface area contributed by atoms with Crippen LogP contribution in [-0.4, -0.2) is 42.2 Å². The molecule has 0 aromatic heterocycles. The minimum Gasteiger partial charge on any atom is -0.389 e. The summed E-state index contributed by atoms with van der Waals surface area (Å²) in [4.78, 5) is 2.89. The van der Waals surface area contributed by atoms with Crippen molar-refractivity contribution in [3.05, 3.63) is 81.2 Å². The number of hydrogen-bond acceptors (Lipinski definition) is 5. The average Bonchev–Trinajstić information content (AvgIpc) is 2.75. The fourth-order valence-corrected chi connectivity index (χ4v) is 3.62. The molecule has 0 saturated carbocycles. The highest BCUT2D eigenvalue weighted by atomic mass is 35.5. The van der Waals surface area contributed by atoms with Crippen LogP contribution in [0.3, 0.4) is 0 Å². The van der Waals surface area contributed by atoms with E-state index in [1.807, 2.05) is 30.3 Å². The third-order valence-corrected chi connectivity index (χ3v) is 5.05. The summed E-state index contributed by atoms with van der Waals surface area (Å²) >= 11 is 5.98. The summed E-state index contributed by atoms with van der Waals surface area (Å²) in [5.41, 5.74) is 10.5. The Hall–Kier alpha value is -2.56. The highest BCUT2D eigenvalue weighted by Gasteiger charge is 2.48. The van der Waals surface area contributed by atoms with Crippen LogP contribution in [0.15, 0.2) is 59.7 Å². The SMILES string of the molecule is [N-]=[N+]=N[C@@H]1[C@@H](O)[C@H](C#Cc2cccc(Cl)c2)O[C@@H]2CO[C@H](c3ccccc3)O[C@H]12. The quantitative estimate of drug-likeness (QED) is 0.353. The lowest BCUT2D eigenvalue weighted by molar-refractivity contribution is -0.300. The number of benzene rings is 2. The molecule has 6 atom stereocenters. The number of aliphatic hydroxyl groups is 1. The Morgan fingerprint density at radius 1 is 1.14 bits per heavy atom. The van der Waals surface area contributed by atoms with E-state index in [0.717, 1.165) is 5.56 Å². The summed E-state index contributed by atoms with van der Waals surface area (Å²) in [6, 6.07) is 15.6. The van der Waals surface area contributed by atoms with Crippen LogP contribution in [0.4, 0.5) is 0 Å². The summed E-state index contributed by atoms with van der Waals surface area (Å²) < 4.78 is 17.7. The summed E-state index contributed by atoms with van der Waals surface area (Å²) in [6.07, 6.45) is -3.80. The molecule has 2 aliphatic rings. The molecule has 4 rings (SSSR count). The van der Waals surface area contributed by atoms with E-state index in [0.29, 0.717) is 10.6 Å². The van der Waals surface area contributed by atoms with Crippen LogP contribution in [0.5, 0.6) is 0 Å². The third-order valence-electron chi connectivity index (χ3n) is 4.82. The van der Waals surface area contributed by atoms with Gasteiger partial charge < -0.3 is 19.3 Å². The number of hydrogen-bond donors (Lipinski definition) is 1. The van der Waals surface area contributed by atoms with Crippen molar-refractivity contribution in [1.82, 2.24) is 0 Å². The van der Waals surface area contributed by atoms with E-state index in [-0.39, 0.29) is 6.61 Å². The first-order valence-electron chi connectivity index (χ1n) is 9.12. The Kier molecular flexibility index (Phi) is 6.02. The molecule has 2 aromatic carbocycles. The van der Waals surface area contributed by atoms with Crippen molar-refractivity contribution in [2.45, 2.75) is 36.7 Å². The number of azide groups is 1. The molecule has 0 bridgehead atoms. The number of ether oxygens (including phenoxy) is 3. The van der Waals surface area contributed by atoms with Gasteiger partial charge in [0.25, 0.3) is 0 Å². The molecule has 0 spiro atoms. The Labute approximate surface area is 172 Å². The number of halogens is 1. The van der Waals surface area contributed by atoms with Crippen molar-refractivity contribution in [2.75, 3.05) is 6.61 Å². The summed E-state index contributed by atoms with van der Waals surface area (Å²) in [6.45, 7) is 0.226. The van der Waals surface area contributed by atoms with Crippen molar-refractivity contribution < 1.29 is 19.3 Å². The molecule has 1 N–H and O–H groups in total. The lowest BCUT2D eigenvalue weighted by Gasteiger charge is -2.45. The van der Waals surface area contributed by atoms with Gasteiger partial charge >= 0.3 is 0 Å². The normalized spacial score (nSPS) is 31.0. The zero-order chi connectivity index (χ0) is 20.2. The molecule has 2 aliphatic heterocycles. The van der Waals surface area contributed by atoms with E-state index >= 15 is 0 Å². The largest absolute Gasteiger partial charge is 0.389 e. The molecule has 0 amide bonds. The third kappa shape index (κ3) is 4.39. The van der Waals surface area contributed by atoms with Crippen molar-refractivity contribution in [3.8, 4) is 11.8 Å². The molecule has 0 unspecified atom stereocenters. The van der Waals surface area contributed by atoms with Crippen LogP contribution in [0.1, 0.15) is 17.4 Å². The number of nitrogens with zero attached hydrogens (tertiary/aromatic N) is 3. The topological polar surface area (TPSA) is 96.7 Å². The fraction of sp³-hybridized carbons (Fsp3) is 0.333. The van der Waals surface area contributed by atoms with Gasteiger partial charge in [-0.05, 0) is 23.7 Å². The molecule has 8 heteroatoms. The molecular weight excluding hydrogens is 394 g/mol. The van der Waals surface area contributed by atoms with Gasteiger partial charge in [0.05, 0.1) is 12.6 Å². The molecule has 2 saturated heterocycles. The first-order chi connectivity index (χ1) is 14.2. The molecule has 29 heavy (non-hydrogen) atoms. The van der Waals surface area contributed by atoms with Crippen molar-refractivity contribution in [3.63, 3.8) is 0 Å². The fourth-order valence-electron chi connectivity index (χ4n) is 3.42. The van der Waals surface area contributed by atoms with Crippen LogP contribution in [-0.2, 0) is 14.2 Å². The second kappa shape index (κ2) is 8.85. The highest BCUT2D eigenvalue weighted by Crippen LogP contribution is 2.35. The van der Waals surface area contributed by atoms with E-state index in [1.165, 1.54) is 0 Å². The molecule has 148 valence electrons. The van der Waals surface area contributed by atoms with Gasteiger partial charge in [0, 0.05) is 21.1 Å². The standard InChI is InChI=1S/C21H18ClN3O4/c22-15-8-4-5-13(11-15)9-10-16-19(26)18(24-25-23)20-17(28-16)12-27-21(29-20)14-6-2-1-3-7-14/h1-8,11,16-21,26H,12H2/t16-,17+,18+,19-,20-,21-/m0/s1. The van der Waals surface area contributed by atoms with Gasteiger partial charge in [-0.3, -0.25) is 0 Å². The van der Waals surface area contributed by atoms with Crippen LogP contribution >= 0.6 is 11.6 Å². The lowest BCUT2D eigenvalue weighted by atomic mass is 9.92. The zero-order valence-corrected chi connectivity index (χ0v) is 16.0. The maximum atomic E-state index is 10.7. The lowest BCUT2D eigenvalue weighted by Crippen LogP contribution is -2.60. The maximum absolute atomic E-state index is 10.7. The highest BCUT2D eigenvalue weighted by molar-refractivity contribution is 6.30. The van der Waals surface area contributed by atoms with Crippen LogP contribution in [0.2, 0.25) is 5.02 Å². The average molecular weight is 412 g/mol. The van der Waals surface area contributed by atoms with E-state index < -0.39 is 36.7 Å². The molecule has 7 nitrogen and oxygen atoms in total. The van der Waals surface area contributed by atoms with Gasteiger partial charge in [0.15, 0.2) is 6.29 Å². The van der Waals surface area contributed by atoms with Gasteiger partial charge in [0.1, 0.15) is 24.4 Å². The maximum Gasteiger partial charge on any atom is 0.184 e. The monoisotopic (exact) mass is 411 g/mol.